The van der Waals surface area contributed by atoms with Gasteiger partial charge in [0.15, 0.2) is 8.24 Å². The van der Waals surface area contributed by atoms with E-state index in [1.54, 1.807) is 0 Å². The second-order valence-electron chi connectivity index (χ2n) is 10.5. The van der Waals surface area contributed by atoms with E-state index in [-0.39, 0.29) is 16.0 Å². The molecule has 0 unspecified atom stereocenters. The van der Waals surface area contributed by atoms with Gasteiger partial charge in [-0.25, -0.2) is 4.79 Å². The SMILES string of the molecule is CC(C)(C)[Si](C)(C)OC(=O)c1cc2cc(Cl)ccc2n1[Si](C)(C)C(C)(C)C. The van der Waals surface area contributed by atoms with E-state index in [0.29, 0.717) is 10.7 Å². The molecule has 0 saturated carbocycles. The molecule has 0 radical (unpaired) electrons. The highest BCUT2D eigenvalue weighted by atomic mass is 35.5. The molecule has 1 heterocycles. The molecule has 0 amide bonds. The molecule has 150 valence electrons. The fourth-order valence-corrected chi connectivity index (χ4v) is 6.00. The largest absolute Gasteiger partial charge is 0.515 e. The highest BCUT2D eigenvalue weighted by molar-refractivity contribution is 6.80. The summed E-state index contributed by atoms with van der Waals surface area (Å²) in [5, 5.41) is 1.72. The zero-order chi connectivity index (χ0) is 21.0. The molecule has 0 N–H and O–H groups in total. The minimum Gasteiger partial charge on any atom is -0.515 e. The predicted octanol–water partition coefficient (Wildman–Crippen LogP) is 7.31. The predicted molar refractivity (Wildman–Crippen MR) is 122 cm³/mol. The summed E-state index contributed by atoms with van der Waals surface area (Å²) in [4.78, 5) is 13.3. The Bertz CT molecular complexity index is 871. The van der Waals surface area contributed by atoms with Crippen molar-refractivity contribution in [2.24, 2.45) is 0 Å². The maximum absolute atomic E-state index is 13.3. The van der Waals surface area contributed by atoms with Crippen LogP contribution in [0.3, 0.4) is 0 Å². The van der Waals surface area contributed by atoms with Crippen molar-refractivity contribution in [1.29, 1.82) is 0 Å². The van der Waals surface area contributed by atoms with Crippen LogP contribution in [0.5, 0.6) is 0 Å². The molecule has 3 nitrogen and oxygen atoms in total. The molecule has 0 aliphatic carbocycles. The summed E-state index contributed by atoms with van der Waals surface area (Å²) in [6.45, 7) is 22.1. The number of nitrogens with zero attached hydrogens (tertiary/aromatic N) is 1. The minimum absolute atomic E-state index is 0.0280. The molecule has 2 rings (SSSR count). The van der Waals surface area contributed by atoms with Crippen LogP contribution in [-0.4, -0.2) is 26.8 Å². The number of rotatable bonds is 3. The first-order chi connectivity index (χ1) is 12.0. The Kier molecular flexibility index (Phi) is 5.59. The Morgan fingerprint density at radius 1 is 0.963 bits per heavy atom. The minimum atomic E-state index is -2.21. The Balaban J connectivity index is 2.70. The number of fused-ring (bicyclic) bond motifs is 1. The number of halogens is 1. The van der Waals surface area contributed by atoms with Gasteiger partial charge in [-0.2, -0.15) is 0 Å². The van der Waals surface area contributed by atoms with Crippen LogP contribution in [0.4, 0.5) is 0 Å². The summed E-state index contributed by atoms with van der Waals surface area (Å²) in [7, 11) is -4.26. The maximum atomic E-state index is 13.3. The second kappa shape index (κ2) is 6.78. The first-order valence-corrected chi connectivity index (χ1v) is 15.8. The van der Waals surface area contributed by atoms with Gasteiger partial charge in [-0.15, -0.1) is 0 Å². The van der Waals surface area contributed by atoms with Crippen molar-refractivity contribution in [3.8, 4) is 0 Å². The lowest BCUT2D eigenvalue weighted by Gasteiger charge is -2.40. The van der Waals surface area contributed by atoms with Crippen molar-refractivity contribution >= 4 is 45.0 Å². The number of carbonyl (C=O) groups excluding carboxylic acids is 1. The van der Waals surface area contributed by atoms with Crippen molar-refractivity contribution in [2.45, 2.75) is 77.8 Å². The smallest absolute Gasteiger partial charge is 0.340 e. The van der Waals surface area contributed by atoms with Gasteiger partial charge >= 0.3 is 5.97 Å². The van der Waals surface area contributed by atoms with Crippen molar-refractivity contribution in [1.82, 2.24) is 4.23 Å². The van der Waals surface area contributed by atoms with Crippen LogP contribution >= 0.6 is 11.6 Å². The molecule has 0 saturated heterocycles. The average molecular weight is 424 g/mol. The zero-order valence-corrected chi connectivity index (χ0v) is 21.2. The molecule has 0 spiro atoms. The van der Waals surface area contributed by atoms with Gasteiger partial charge in [0.1, 0.15) is 5.69 Å². The molecule has 1 aromatic heterocycles. The standard InChI is InChI=1S/C21H34ClNO2Si2/c1-20(2,3)26(7,8)23-17-12-11-16(22)13-15(17)14-18(23)19(24)25-27(9,10)21(4,5)6/h11-14H,1-10H3. The molecule has 1 aromatic carbocycles. The zero-order valence-electron chi connectivity index (χ0n) is 18.5. The van der Waals surface area contributed by atoms with Crippen molar-refractivity contribution < 1.29 is 9.22 Å². The van der Waals surface area contributed by atoms with E-state index in [4.69, 9.17) is 16.0 Å². The third-order valence-electron chi connectivity index (χ3n) is 6.52. The van der Waals surface area contributed by atoms with E-state index in [1.165, 1.54) is 0 Å². The summed E-state index contributed by atoms with van der Waals surface area (Å²) in [6.07, 6.45) is 0. The molecule has 0 fully saturated rings. The summed E-state index contributed by atoms with van der Waals surface area (Å²) in [5.74, 6) is -0.210. The van der Waals surface area contributed by atoms with Crippen LogP contribution in [0.25, 0.3) is 10.9 Å². The Morgan fingerprint density at radius 2 is 1.52 bits per heavy atom. The molecule has 0 bridgehead atoms. The number of aromatic nitrogens is 1. The summed E-state index contributed by atoms with van der Waals surface area (Å²) in [6, 6.07) is 7.82. The lowest BCUT2D eigenvalue weighted by Crippen LogP contribution is -2.48. The third kappa shape index (κ3) is 4.05. The second-order valence-corrected chi connectivity index (χ2v) is 20.8. The van der Waals surface area contributed by atoms with Crippen LogP contribution < -0.4 is 0 Å². The third-order valence-corrected chi connectivity index (χ3v) is 16.3. The lowest BCUT2D eigenvalue weighted by atomic mass is 10.2. The lowest BCUT2D eigenvalue weighted by molar-refractivity contribution is 0.0705. The molecule has 6 heteroatoms. The molecule has 27 heavy (non-hydrogen) atoms. The molecule has 0 atom stereocenters. The Labute approximate surface area is 171 Å². The van der Waals surface area contributed by atoms with Gasteiger partial charge in [-0.1, -0.05) is 66.2 Å². The number of benzene rings is 1. The summed E-state index contributed by atoms with van der Waals surface area (Å²) >= 11 is 6.22. The highest BCUT2D eigenvalue weighted by Crippen LogP contribution is 2.42. The molecular formula is C21H34ClNO2Si2. The fraction of sp³-hybridized carbons (Fsp3) is 0.571. The van der Waals surface area contributed by atoms with Crippen LogP contribution in [0.1, 0.15) is 52.0 Å². The first-order valence-electron chi connectivity index (χ1n) is 9.54. The average Bonchev–Trinajstić information content (AvgIpc) is 2.83. The van der Waals surface area contributed by atoms with Gasteiger partial charge in [0, 0.05) is 15.9 Å². The molecular weight excluding hydrogens is 390 g/mol. The van der Waals surface area contributed by atoms with E-state index in [9.17, 15) is 4.79 Å². The van der Waals surface area contributed by atoms with Crippen molar-refractivity contribution in [3.63, 3.8) is 0 Å². The number of carbonyl (C=O) groups is 1. The Hall–Kier alpha value is -1.05. The fourth-order valence-electron chi connectivity index (χ4n) is 2.71. The van der Waals surface area contributed by atoms with Crippen molar-refractivity contribution in [3.05, 3.63) is 35.0 Å². The van der Waals surface area contributed by atoms with Gasteiger partial charge in [0.2, 0.25) is 0 Å². The summed E-state index contributed by atoms with van der Waals surface area (Å²) in [5.41, 5.74) is 1.72. The van der Waals surface area contributed by atoms with Crippen LogP contribution in [0.15, 0.2) is 24.3 Å². The van der Waals surface area contributed by atoms with E-state index in [1.807, 2.05) is 24.3 Å². The van der Waals surface area contributed by atoms with E-state index >= 15 is 0 Å². The Morgan fingerprint density at radius 3 is 2.00 bits per heavy atom. The van der Waals surface area contributed by atoms with Gasteiger partial charge in [-0.05, 0) is 47.4 Å². The van der Waals surface area contributed by atoms with E-state index < -0.39 is 16.6 Å². The number of hydrogen-bond donors (Lipinski definition) is 0. The molecule has 0 aliphatic heterocycles. The first kappa shape index (κ1) is 22.2. The maximum Gasteiger partial charge on any atom is 0.340 e. The molecule has 2 aromatic rings. The van der Waals surface area contributed by atoms with Gasteiger partial charge in [0.05, 0.1) is 0 Å². The highest BCUT2D eigenvalue weighted by Gasteiger charge is 2.44. The van der Waals surface area contributed by atoms with E-state index in [2.05, 4.69) is 72.0 Å². The number of hydrogen-bond acceptors (Lipinski definition) is 2. The van der Waals surface area contributed by atoms with Crippen LogP contribution in [-0.2, 0) is 4.43 Å². The van der Waals surface area contributed by atoms with E-state index in [0.717, 1.165) is 10.9 Å². The topological polar surface area (TPSA) is 31.2 Å². The van der Waals surface area contributed by atoms with Gasteiger partial charge in [0.25, 0.3) is 8.32 Å². The van der Waals surface area contributed by atoms with Crippen molar-refractivity contribution in [2.75, 3.05) is 0 Å². The normalized spacial score (nSPS) is 13.9. The van der Waals surface area contributed by atoms with Gasteiger partial charge < -0.3 is 8.66 Å². The monoisotopic (exact) mass is 423 g/mol. The van der Waals surface area contributed by atoms with Gasteiger partial charge in [-0.3, -0.25) is 0 Å². The molecule has 0 aliphatic rings. The quantitative estimate of drug-likeness (QED) is 0.484. The van der Waals surface area contributed by atoms with Crippen LogP contribution in [0.2, 0.25) is 41.3 Å². The van der Waals surface area contributed by atoms with Crippen LogP contribution in [0, 0.1) is 0 Å². The summed E-state index contributed by atoms with van der Waals surface area (Å²) < 4.78 is 8.44.